The Morgan fingerprint density at radius 1 is 1.27 bits per heavy atom. The lowest BCUT2D eigenvalue weighted by Crippen LogP contribution is -2.38. The SMILES string of the molecule is O=C(O)C(F)(F)F.O=C(O)CC[n+]1ccc(C(=O)Nc2nccs2)cn1. The van der Waals surface area contributed by atoms with Crippen LogP contribution in [-0.4, -0.2) is 44.3 Å². The van der Waals surface area contributed by atoms with Gasteiger partial charge in [0.15, 0.2) is 17.9 Å². The first kappa shape index (κ1) is 21.0. The second kappa shape index (κ2) is 9.41. The van der Waals surface area contributed by atoms with Crippen molar-refractivity contribution in [1.82, 2.24) is 10.1 Å². The van der Waals surface area contributed by atoms with Crippen molar-refractivity contribution in [3.8, 4) is 0 Å². The van der Waals surface area contributed by atoms with E-state index < -0.39 is 18.1 Å². The molecule has 0 unspecified atom stereocenters. The van der Waals surface area contributed by atoms with Gasteiger partial charge in [-0.15, -0.1) is 11.3 Å². The second-order valence-electron chi connectivity index (χ2n) is 4.42. The number of carbonyl (C=O) groups is 3. The molecule has 2 rings (SSSR count). The monoisotopic (exact) mass is 393 g/mol. The molecule has 26 heavy (non-hydrogen) atoms. The van der Waals surface area contributed by atoms with E-state index in [0.717, 1.165) is 0 Å². The maximum atomic E-state index is 11.8. The molecule has 1 amide bonds. The lowest BCUT2D eigenvalue weighted by Gasteiger charge is -1.99. The number of halogens is 3. The van der Waals surface area contributed by atoms with E-state index in [-0.39, 0.29) is 18.9 Å². The van der Waals surface area contributed by atoms with Crippen molar-refractivity contribution in [3.63, 3.8) is 0 Å². The van der Waals surface area contributed by atoms with E-state index in [4.69, 9.17) is 15.0 Å². The predicted octanol–water partition coefficient (Wildman–Crippen LogP) is 1.19. The molecular weight excluding hydrogens is 381 g/mol. The smallest absolute Gasteiger partial charge is 0.481 e. The number of thiazole rings is 1. The molecule has 13 heteroatoms. The summed E-state index contributed by atoms with van der Waals surface area (Å²) in [5.74, 6) is -3.94. The summed E-state index contributed by atoms with van der Waals surface area (Å²) in [7, 11) is 0. The van der Waals surface area contributed by atoms with Crippen molar-refractivity contribution in [1.29, 1.82) is 0 Å². The molecule has 2 heterocycles. The molecule has 0 radical (unpaired) electrons. The van der Waals surface area contributed by atoms with Gasteiger partial charge in [-0.3, -0.25) is 14.9 Å². The molecule has 0 spiro atoms. The van der Waals surface area contributed by atoms with Crippen LogP contribution in [0.2, 0.25) is 0 Å². The van der Waals surface area contributed by atoms with Gasteiger partial charge in [0.25, 0.3) is 5.91 Å². The van der Waals surface area contributed by atoms with Crippen LogP contribution in [0.4, 0.5) is 18.3 Å². The number of amides is 1. The summed E-state index contributed by atoms with van der Waals surface area (Å²) >= 11 is 1.33. The summed E-state index contributed by atoms with van der Waals surface area (Å²) < 4.78 is 33.2. The van der Waals surface area contributed by atoms with E-state index in [0.29, 0.717) is 10.7 Å². The quantitative estimate of drug-likeness (QED) is 0.650. The topological polar surface area (TPSA) is 133 Å². The Bertz CT molecular complexity index is 750. The van der Waals surface area contributed by atoms with Gasteiger partial charge in [0.2, 0.25) is 0 Å². The first-order chi connectivity index (χ1) is 12.1. The number of aryl methyl sites for hydroxylation is 1. The molecule has 0 aromatic carbocycles. The lowest BCUT2D eigenvalue weighted by atomic mass is 10.3. The van der Waals surface area contributed by atoms with Crippen LogP contribution in [0.3, 0.4) is 0 Å². The highest BCUT2D eigenvalue weighted by molar-refractivity contribution is 7.13. The van der Waals surface area contributed by atoms with E-state index in [1.165, 1.54) is 22.2 Å². The summed E-state index contributed by atoms with van der Waals surface area (Å²) in [6, 6.07) is 1.58. The molecule has 2 aromatic rings. The van der Waals surface area contributed by atoms with Crippen molar-refractivity contribution in [2.24, 2.45) is 0 Å². The first-order valence-corrected chi connectivity index (χ1v) is 7.56. The van der Waals surface area contributed by atoms with Gasteiger partial charge in [-0.2, -0.15) is 13.2 Å². The van der Waals surface area contributed by atoms with Crippen molar-refractivity contribution < 1.29 is 42.4 Å². The molecular formula is C13H12F3N4O5S+. The molecule has 3 N–H and O–H groups in total. The maximum absolute atomic E-state index is 11.8. The number of alkyl halides is 3. The summed E-state index contributed by atoms with van der Waals surface area (Å²) in [6.07, 6.45) is -0.532. The van der Waals surface area contributed by atoms with E-state index in [1.807, 2.05) is 0 Å². The molecule has 0 aliphatic carbocycles. The van der Waals surface area contributed by atoms with Crippen LogP contribution in [-0.2, 0) is 16.1 Å². The van der Waals surface area contributed by atoms with E-state index in [9.17, 15) is 22.8 Å². The van der Waals surface area contributed by atoms with Gasteiger partial charge in [-0.25, -0.2) is 9.78 Å². The van der Waals surface area contributed by atoms with Crippen LogP contribution >= 0.6 is 11.3 Å². The summed E-state index contributed by atoms with van der Waals surface area (Å²) in [6.45, 7) is 0.268. The zero-order chi connectivity index (χ0) is 19.7. The van der Waals surface area contributed by atoms with E-state index in [1.54, 1.807) is 23.8 Å². The van der Waals surface area contributed by atoms with Gasteiger partial charge < -0.3 is 10.2 Å². The Labute approximate surface area is 147 Å². The molecule has 0 bridgehead atoms. The summed E-state index contributed by atoms with van der Waals surface area (Å²) in [5.41, 5.74) is 0.391. The highest BCUT2D eigenvalue weighted by Crippen LogP contribution is 2.13. The molecule has 0 fully saturated rings. The number of aliphatic carboxylic acids is 2. The van der Waals surface area contributed by atoms with Crippen LogP contribution in [0.5, 0.6) is 0 Å². The number of rotatable bonds is 5. The third-order valence-electron chi connectivity index (χ3n) is 2.48. The van der Waals surface area contributed by atoms with E-state index in [2.05, 4.69) is 15.4 Å². The average Bonchev–Trinajstić information content (AvgIpc) is 3.06. The highest BCUT2D eigenvalue weighted by atomic mass is 32.1. The minimum Gasteiger partial charge on any atom is -0.481 e. The zero-order valence-corrected chi connectivity index (χ0v) is 13.6. The second-order valence-corrected chi connectivity index (χ2v) is 5.31. The minimum atomic E-state index is -5.08. The number of carbonyl (C=O) groups excluding carboxylic acids is 1. The number of nitrogens with zero attached hydrogens (tertiary/aromatic N) is 3. The van der Waals surface area contributed by atoms with Gasteiger partial charge in [-0.05, 0) is 5.10 Å². The number of hydrogen-bond donors (Lipinski definition) is 3. The Hall–Kier alpha value is -3.09. The molecule has 0 saturated heterocycles. The number of carboxylic acids is 2. The van der Waals surface area contributed by atoms with Gasteiger partial charge in [0.1, 0.15) is 12.6 Å². The van der Waals surface area contributed by atoms with Gasteiger partial charge >= 0.3 is 18.1 Å². The van der Waals surface area contributed by atoms with Crippen molar-refractivity contribution in [3.05, 3.63) is 35.6 Å². The Morgan fingerprint density at radius 3 is 2.35 bits per heavy atom. The third-order valence-corrected chi connectivity index (χ3v) is 3.17. The molecule has 140 valence electrons. The van der Waals surface area contributed by atoms with Crippen molar-refractivity contribution in [2.75, 3.05) is 5.32 Å². The fourth-order valence-corrected chi connectivity index (χ4v) is 1.84. The molecule has 9 nitrogen and oxygen atoms in total. The first-order valence-electron chi connectivity index (χ1n) is 6.68. The van der Waals surface area contributed by atoms with Crippen molar-refractivity contribution in [2.45, 2.75) is 19.1 Å². The molecule has 0 aliphatic heterocycles. The zero-order valence-electron chi connectivity index (χ0n) is 12.8. The Morgan fingerprint density at radius 2 is 1.92 bits per heavy atom. The Kier molecular flexibility index (Phi) is 7.58. The molecule has 0 aliphatic rings. The normalized spacial score (nSPS) is 10.4. The van der Waals surface area contributed by atoms with Crippen LogP contribution in [0.15, 0.2) is 30.0 Å². The maximum Gasteiger partial charge on any atom is 0.490 e. The summed E-state index contributed by atoms with van der Waals surface area (Å²) in [4.78, 5) is 35.1. The minimum absolute atomic E-state index is 0.0116. The largest absolute Gasteiger partial charge is 0.490 e. The molecule has 0 saturated carbocycles. The fraction of sp³-hybridized carbons (Fsp3) is 0.231. The van der Waals surface area contributed by atoms with E-state index >= 15 is 0 Å². The number of aromatic nitrogens is 3. The molecule has 2 aromatic heterocycles. The number of hydrogen-bond acceptors (Lipinski definition) is 6. The van der Waals surface area contributed by atoms with Gasteiger partial charge in [0.05, 0.1) is 5.56 Å². The molecule has 0 atom stereocenters. The number of carboxylic acid groups (broad SMARTS) is 2. The summed E-state index contributed by atoms with van der Waals surface area (Å²) in [5, 5.41) is 24.6. The van der Waals surface area contributed by atoms with Gasteiger partial charge in [0, 0.05) is 17.6 Å². The number of nitrogens with one attached hydrogen (secondary N) is 1. The van der Waals surface area contributed by atoms with Gasteiger partial charge in [-0.1, -0.05) is 4.68 Å². The third kappa shape index (κ3) is 7.65. The number of anilines is 1. The fourth-order valence-electron chi connectivity index (χ4n) is 1.32. The van der Waals surface area contributed by atoms with Crippen LogP contribution < -0.4 is 10.00 Å². The Balaban J connectivity index is 0.000000412. The van der Waals surface area contributed by atoms with Crippen LogP contribution in [0, 0.1) is 0 Å². The van der Waals surface area contributed by atoms with Crippen LogP contribution in [0.1, 0.15) is 16.8 Å². The van der Waals surface area contributed by atoms with Crippen LogP contribution in [0.25, 0.3) is 0 Å². The van der Waals surface area contributed by atoms with Crippen molar-refractivity contribution >= 4 is 34.3 Å². The highest BCUT2D eigenvalue weighted by Gasteiger charge is 2.38. The predicted molar refractivity (Wildman–Crippen MR) is 80.4 cm³/mol. The average molecular weight is 393 g/mol. The lowest BCUT2D eigenvalue weighted by molar-refractivity contribution is -0.753. The standard InChI is InChI=1S/C11H10N4O3S.C2HF3O2/c16-9(17)2-5-15-4-1-8(7-13-15)10(18)14-11-12-3-6-19-11;3-2(4,5)1(6)7/h1,3-4,6-7H,2,5H2,(H-,12,14,16,17,18);(H,6,7)/p+1.